The van der Waals surface area contributed by atoms with E-state index < -0.39 is 0 Å². The number of rotatable bonds is 5. The first-order valence-electron chi connectivity index (χ1n) is 6.14. The first-order valence-corrected chi connectivity index (χ1v) is 6.14. The molecule has 0 aliphatic carbocycles. The molecule has 16 heavy (non-hydrogen) atoms. The van der Waals surface area contributed by atoms with E-state index in [-0.39, 0.29) is 1.43 Å². The summed E-state index contributed by atoms with van der Waals surface area (Å²) in [5, 5.41) is 3.48. The highest BCUT2D eigenvalue weighted by Gasteiger charge is 2.14. The highest BCUT2D eigenvalue weighted by atomic mass is 16.5. The van der Waals surface area contributed by atoms with Crippen molar-refractivity contribution >= 4 is 0 Å². The van der Waals surface area contributed by atoms with Gasteiger partial charge in [0, 0.05) is 26.3 Å². The van der Waals surface area contributed by atoms with Gasteiger partial charge in [-0.05, 0) is 25.0 Å². The molecule has 2 rings (SSSR count). The highest BCUT2D eigenvalue weighted by Crippen LogP contribution is 2.06. The Labute approximate surface area is 98.7 Å². The van der Waals surface area contributed by atoms with E-state index in [4.69, 9.17) is 4.74 Å². The van der Waals surface area contributed by atoms with Crippen molar-refractivity contribution in [1.29, 1.82) is 0 Å². The van der Waals surface area contributed by atoms with Crippen LogP contribution in [0, 0.1) is 0 Å². The zero-order valence-corrected chi connectivity index (χ0v) is 9.91. The van der Waals surface area contributed by atoms with Crippen LogP contribution in [0.15, 0.2) is 18.2 Å². The predicted octanol–water partition coefficient (Wildman–Crippen LogP) is 2.16. The third-order valence-electron chi connectivity index (χ3n) is 2.87. The van der Waals surface area contributed by atoms with Crippen LogP contribution in [0.4, 0.5) is 0 Å². The number of ether oxygens (including phenoxy) is 1. The van der Waals surface area contributed by atoms with Crippen LogP contribution in [0.25, 0.3) is 0 Å². The van der Waals surface area contributed by atoms with Crippen LogP contribution in [-0.4, -0.2) is 24.2 Å². The summed E-state index contributed by atoms with van der Waals surface area (Å²) in [5.41, 5.74) is 2.34. The Hall–Kier alpha value is -0.930. The van der Waals surface area contributed by atoms with Crippen molar-refractivity contribution in [2.24, 2.45) is 0 Å². The van der Waals surface area contributed by atoms with Gasteiger partial charge in [-0.1, -0.05) is 19.4 Å². The molecule has 3 heteroatoms. The maximum absolute atomic E-state index is 5.32. The summed E-state index contributed by atoms with van der Waals surface area (Å²) < 4.78 is 5.32. The first-order chi connectivity index (χ1) is 7.88. The molecular formula is C13H22N2O. The van der Waals surface area contributed by atoms with Crippen molar-refractivity contribution in [3.8, 4) is 0 Å². The van der Waals surface area contributed by atoms with E-state index in [2.05, 4.69) is 35.4 Å². The van der Waals surface area contributed by atoms with E-state index in [0.29, 0.717) is 6.04 Å². The molecule has 0 saturated carbocycles. The van der Waals surface area contributed by atoms with E-state index in [1.807, 2.05) is 0 Å². The van der Waals surface area contributed by atoms with Crippen molar-refractivity contribution in [2.75, 3.05) is 13.2 Å². The third kappa shape index (κ3) is 3.29. The Balaban J connectivity index is 0.00000144. The van der Waals surface area contributed by atoms with Crippen LogP contribution in [-0.2, 0) is 17.7 Å². The summed E-state index contributed by atoms with van der Waals surface area (Å²) in [6.07, 6.45) is 3.34. The van der Waals surface area contributed by atoms with Crippen molar-refractivity contribution in [1.82, 2.24) is 10.3 Å². The zero-order valence-electron chi connectivity index (χ0n) is 9.91. The molecule has 1 aromatic heterocycles. The molecule has 1 atom stereocenters. The summed E-state index contributed by atoms with van der Waals surface area (Å²) in [4.78, 5) is 4.62. The first kappa shape index (κ1) is 11.6. The second-order valence-electron chi connectivity index (χ2n) is 4.31. The Kier molecular flexibility index (Phi) is 4.31. The van der Waals surface area contributed by atoms with E-state index in [9.17, 15) is 0 Å². The van der Waals surface area contributed by atoms with Crippen LogP contribution >= 0.6 is 0 Å². The van der Waals surface area contributed by atoms with Gasteiger partial charge in [0.1, 0.15) is 0 Å². The van der Waals surface area contributed by atoms with Gasteiger partial charge in [0.05, 0.1) is 12.3 Å². The van der Waals surface area contributed by atoms with Crippen molar-refractivity contribution in [3.63, 3.8) is 0 Å². The second-order valence-corrected chi connectivity index (χ2v) is 4.31. The fourth-order valence-corrected chi connectivity index (χ4v) is 1.97. The molecule has 0 aromatic carbocycles. The average Bonchev–Trinajstić information content (AvgIpc) is 2.80. The quantitative estimate of drug-likeness (QED) is 0.829. The number of aryl methyl sites for hydroxylation is 1. The molecule has 1 saturated heterocycles. The lowest BCUT2D eigenvalue weighted by Crippen LogP contribution is -2.28. The topological polar surface area (TPSA) is 34.1 Å². The third-order valence-corrected chi connectivity index (χ3v) is 2.87. The lowest BCUT2D eigenvalue weighted by molar-refractivity contribution is 0.189. The maximum atomic E-state index is 5.32. The lowest BCUT2D eigenvalue weighted by Gasteiger charge is -2.10. The minimum absolute atomic E-state index is 0. The molecule has 1 fully saturated rings. The SMILES string of the molecule is CCCc1cccc(CN[C@H]2CCOC2)n1.[HH]. The van der Waals surface area contributed by atoms with E-state index in [1.54, 1.807) is 0 Å². The van der Waals surface area contributed by atoms with E-state index in [0.717, 1.165) is 44.7 Å². The standard InChI is InChI=1S/C13H20N2O.H2/c1-2-4-11-5-3-6-12(15-11)9-14-13-7-8-16-10-13;/h3,5-6,13-14H,2,4,7-10H2,1H3;1H/t13-;/m0./s1. The van der Waals surface area contributed by atoms with Gasteiger partial charge in [-0.3, -0.25) is 4.98 Å². The van der Waals surface area contributed by atoms with Crippen LogP contribution in [0.5, 0.6) is 0 Å². The molecule has 1 aromatic rings. The molecule has 3 nitrogen and oxygen atoms in total. The number of aromatic nitrogens is 1. The van der Waals surface area contributed by atoms with E-state index in [1.165, 1.54) is 5.69 Å². The van der Waals surface area contributed by atoms with Crippen molar-refractivity contribution in [3.05, 3.63) is 29.6 Å². The molecule has 90 valence electrons. The number of hydrogen-bond donors (Lipinski definition) is 1. The van der Waals surface area contributed by atoms with Crippen LogP contribution in [0.1, 0.15) is 32.6 Å². The minimum atomic E-state index is 0. The monoisotopic (exact) mass is 222 g/mol. The molecule has 1 N–H and O–H groups in total. The maximum Gasteiger partial charge on any atom is 0.0620 e. The smallest absolute Gasteiger partial charge is 0.0620 e. The summed E-state index contributed by atoms with van der Waals surface area (Å²) in [7, 11) is 0. The molecule has 0 unspecified atom stereocenters. The van der Waals surface area contributed by atoms with E-state index >= 15 is 0 Å². The van der Waals surface area contributed by atoms with Gasteiger partial charge in [-0.15, -0.1) is 0 Å². The molecule has 0 spiro atoms. The zero-order chi connectivity index (χ0) is 11.2. The molecule has 0 radical (unpaired) electrons. The Bertz CT molecular complexity index is 327. The molecule has 1 aliphatic rings. The summed E-state index contributed by atoms with van der Waals surface area (Å²) in [5.74, 6) is 0. The van der Waals surface area contributed by atoms with Crippen molar-refractivity contribution in [2.45, 2.75) is 38.8 Å². The summed E-state index contributed by atoms with van der Waals surface area (Å²) in [6, 6.07) is 6.80. The summed E-state index contributed by atoms with van der Waals surface area (Å²) in [6.45, 7) is 4.77. The summed E-state index contributed by atoms with van der Waals surface area (Å²) >= 11 is 0. The predicted molar refractivity (Wildman–Crippen MR) is 66.4 cm³/mol. The Morgan fingerprint density at radius 3 is 3.12 bits per heavy atom. The lowest BCUT2D eigenvalue weighted by atomic mass is 10.2. The van der Waals surface area contributed by atoms with Crippen LogP contribution in [0.2, 0.25) is 0 Å². The molecule has 0 bridgehead atoms. The fourth-order valence-electron chi connectivity index (χ4n) is 1.97. The van der Waals surface area contributed by atoms with Gasteiger partial charge < -0.3 is 10.1 Å². The molecule has 2 heterocycles. The number of pyridine rings is 1. The molecule has 0 amide bonds. The molecule has 1 aliphatic heterocycles. The van der Waals surface area contributed by atoms with Gasteiger partial charge in [-0.2, -0.15) is 0 Å². The van der Waals surface area contributed by atoms with Crippen LogP contribution < -0.4 is 5.32 Å². The number of hydrogen-bond acceptors (Lipinski definition) is 3. The highest BCUT2D eigenvalue weighted by molar-refractivity contribution is 5.11. The van der Waals surface area contributed by atoms with Gasteiger partial charge >= 0.3 is 0 Å². The number of nitrogens with zero attached hydrogens (tertiary/aromatic N) is 1. The number of nitrogens with one attached hydrogen (secondary N) is 1. The van der Waals surface area contributed by atoms with Gasteiger partial charge in [0.15, 0.2) is 0 Å². The van der Waals surface area contributed by atoms with Crippen molar-refractivity contribution < 1.29 is 6.16 Å². The normalized spacial score (nSPS) is 20.2. The Morgan fingerprint density at radius 2 is 2.38 bits per heavy atom. The van der Waals surface area contributed by atoms with Gasteiger partial charge in [-0.25, -0.2) is 0 Å². The largest absolute Gasteiger partial charge is 0.380 e. The van der Waals surface area contributed by atoms with Gasteiger partial charge in [0.2, 0.25) is 0 Å². The minimum Gasteiger partial charge on any atom is -0.380 e. The van der Waals surface area contributed by atoms with Crippen LogP contribution in [0.3, 0.4) is 0 Å². The Morgan fingerprint density at radius 1 is 1.50 bits per heavy atom. The van der Waals surface area contributed by atoms with Gasteiger partial charge in [0.25, 0.3) is 0 Å². The fraction of sp³-hybridized carbons (Fsp3) is 0.615. The second kappa shape index (κ2) is 5.97. The average molecular weight is 222 g/mol. The molecular weight excluding hydrogens is 200 g/mol.